The number of aromatic nitrogens is 1. The molecule has 9 heteroatoms. The van der Waals surface area contributed by atoms with Gasteiger partial charge >= 0.3 is 0 Å². The van der Waals surface area contributed by atoms with Crippen molar-refractivity contribution in [3.8, 4) is 10.9 Å². The maximum atomic E-state index is 12.2. The minimum Gasteiger partial charge on any atom is -0.428 e. The van der Waals surface area contributed by atoms with Gasteiger partial charge in [-0.15, -0.1) is 4.40 Å². The number of thiophene rings is 1. The standard InChI is InChI=1S/C18H18ClN3O3S2/c19-14-2-4-16(26-14)25-15-3-1-12(11-20-15)18-7-5-13(6-8-18)22-9-10-27(23,24)21-17(18)22/h1-4,11,13H,5-10H2. The van der Waals surface area contributed by atoms with Gasteiger partial charge in [0, 0.05) is 24.8 Å². The minimum absolute atomic E-state index is 0.109. The molecule has 27 heavy (non-hydrogen) atoms. The average Bonchev–Trinajstić information content (AvgIpc) is 3.07. The highest BCUT2D eigenvalue weighted by atomic mass is 35.5. The van der Waals surface area contributed by atoms with Crippen LogP contribution in [-0.4, -0.2) is 42.5 Å². The SMILES string of the molecule is O=S1(=O)CCN2C(=N1)C1(c3ccc(Oc4ccc(Cl)s4)nc3)CCC2CC1. The molecule has 0 aromatic carbocycles. The lowest BCUT2D eigenvalue weighted by Gasteiger charge is -2.55. The first-order chi connectivity index (χ1) is 13.0. The number of amidine groups is 1. The number of nitrogens with zero attached hydrogens (tertiary/aromatic N) is 3. The van der Waals surface area contributed by atoms with Gasteiger partial charge in [-0.25, -0.2) is 13.4 Å². The fourth-order valence-electron chi connectivity index (χ4n) is 4.49. The van der Waals surface area contributed by atoms with Gasteiger partial charge in [-0.1, -0.05) is 29.0 Å². The Hall–Kier alpha value is -1.64. The minimum atomic E-state index is -3.38. The van der Waals surface area contributed by atoms with Crippen LogP contribution in [0, 0.1) is 0 Å². The fraction of sp³-hybridized carbons (Fsp3) is 0.444. The molecule has 0 spiro atoms. The van der Waals surface area contributed by atoms with Crippen LogP contribution < -0.4 is 4.74 Å². The molecule has 0 N–H and O–H groups in total. The van der Waals surface area contributed by atoms with Crippen molar-refractivity contribution in [1.82, 2.24) is 9.88 Å². The van der Waals surface area contributed by atoms with Gasteiger partial charge in [0.25, 0.3) is 10.0 Å². The van der Waals surface area contributed by atoms with Crippen LogP contribution in [0.3, 0.4) is 0 Å². The highest BCUT2D eigenvalue weighted by Crippen LogP contribution is 2.49. The third-order valence-electron chi connectivity index (χ3n) is 5.81. The molecule has 0 unspecified atom stereocenters. The van der Waals surface area contributed by atoms with E-state index < -0.39 is 10.0 Å². The highest BCUT2D eigenvalue weighted by molar-refractivity contribution is 7.90. The third kappa shape index (κ3) is 2.94. The first-order valence-electron chi connectivity index (χ1n) is 8.95. The van der Waals surface area contributed by atoms with Gasteiger partial charge in [-0.3, -0.25) is 0 Å². The van der Waals surface area contributed by atoms with Crippen LogP contribution in [0.1, 0.15) is 31.2 Å². The summed E-state index contributed by atoms with van der Waals surface area (Å²) in [5.74, 6) is 1.32. The highest BCUT2D eigenvalue weighted by Gasteiger charge is 2.52. The molecule has 4 aliphatic rings. The Kier molecular flexibility index (Phi) is 4.00. The van der Waals surface area contributed by atoms with E-state index in [1.807, 2.05) is 18.2 Å². The molecule has 2 aromatic rings. The monoisotopic (exact) mass is 423 g/mol. The molecule has 3 fully saturated rings. The Morgan fingerprint density at radius 3 is 2.70 bits per heavy atom. The number of piperidine rings is 2. The zero-order valence-electron chi connectivity index (χ0n) is 14.5. The predicted octanol–water partition coefficient (Wildman–Crippen LogP) is 3.83. The van der Waals surface area contributed by atoms with Gasteiger partial charge in [-0.2, -0.15) is 0 Å². The summed E-state index contributed by atoms with van der Waals surface area (Å²) < 4.78 is 34.9. The number of halogens is 1. The topological polar surface area (TPSA) is 71.9 Å². The molecule has 0 atom stereocenters. The molecule has 6 nitrogen and oxygen atoms in total. The molecule has 2 saturated heterocycles. The van der Waals surface area contributed by atoms with Crippen molar-refractivity contribution in [2.75, 3.05) is 12.3 Å². The Labute approximate surface area is 166 Å². The Morgan fingerprint density at radius 1 is 1.22 bits per heavy atom. The van der Waals surface area contributed by atoms with Crippen molar-refractivity contribution < 1.29 is 13.2 Å². The summed E-state index contributed by atoms with van der Waals surface area (Å²) in [5, 5.41) is 0.686. The molecule has 0 amide bonds. The molecule has 1 saturated carbocycles. The Morgan fingerprint density at radius 2 is 2.04 bits per heavy atom. The summed E-state index contributed by atoms with van der Waals surface area (Å²) in [6.07, 6.45) is 5.74. The molecule has 3 aliphatic heterocycles. The van der Waals surface area contributed by atoms with E-state index in [4.69, 9.17) is 16.3 Å². The smallest absolute Gasteiger partial charge is 0.256 e. The summed E-state index contributed by atoms with van der Waals surface area (Å²) in [7, 11) is -3.38. The summed E-state index contributed by atoms with van der Waals surface area (Å²) >= 11 is 7.28. The lowest BCUT2D eigenvalue weighted by atomic mass is 9.63. The molecule has 0 radical (unpaired) electrons. The van der Waals surface area contributed by atoms with E-state index in [2.05, 4.69) is 14.3 Å². The van der Waals surface area contributed by atoms with Crippen LogP contribution in [-0.2, 0) is 15.4 Å². The summed E-state index contributed by atoms with van der Waals surface area (Å²) in [5.41, 5.74) is 0.651. The van der Waals surface area contributed by atoms with E-state index in [1.54, 1.807) is 12.3 Å². The summed E-state index contributed by atoms with van der Waals surface area (Å²) in [6.45, 7) is 0.543. The van der Waals surface area contributed by atoms with Gasteiger partial charge in [0.15, 0.2) is 5.06 Å². The van der Waals surface area contributed by atoms with Gasteiger partial charge in [-0.05, 0) is 43.4 Å². The van der Waals surface area contributed by atoms with Crippen molar-refractivity contribution in [3.05, 3.63) is 40.4 Å². The normalized spacial score (nSPS) is 28.6. The van der Waals surface area contributed by atoms with Crippen molar-refractivity contribution in [3.63, 3.8) is 0 Å². The van der Waals surface area contributed by atoms with E-state index in [1.165, 1.54) is 11.3 Å². The lowest BCUT2D eigenvalue weighted by molar-refractivity contribution is 0.151. The number of ether oxygens (including phenoxy) is 1. The molecular weight excluding hydrogens is 406 g/mol. The first-order valence-corrected chi connectivity index (χ1v) is 11.8. The van der Waals surface area contributed by atoms with E-state index in [-0.39, 0.29) is 11.2 Å². The van der Waals surface area contributed by atoms with E-state index in [0.29, 0.717) is 27.9 Å². The van der Waals surface area contributed by atoms with E-state index in [0.717, 1.165) is 37.1 Å². The maximum Gasteiger partial charge on any atom is 0.256 e. The first kappa shape index (κ1) is 17.5. The summed E-state index contributed by atoms with van der Waals surface area (Å²) in [6, 6.07) is 7.83. The molecule has 2 aromatic heterocycles. The van der Waals surface area contributed by atoms with Crippen molar-refractivity contribution in [1.29, 1.82) is 0 Å². The number of sulfonamides is 1. The quantitative estimate of drug-likeness (QED) is 0.750. The van der Waals surface area contributed by atoms with Crippen molar-refractivity contribution in [2.24, 2.45) is 4.40 Å². The number of rotatable bonds is 3. The molecular formula is C18H18ClN3O3S2. The molecule has 5 heterocycles. The van der Waals surface area contributed by atoms with Crippen LogP contribution >= 0.6 is 22.9 Å². The van der Waals surface area contributed by atoms with Crippen molar-refractivity contribution >= 4 is 38.8 Å². The largest absolute Gasteiger partial charge is 0.428 e. The average molecular weight is 424 g/mol. The second kappa shape index (κ2) is 6.18. The zero-order valence-corrected chi connectivity index (χ0v) is 16.9. The number of hydrogen-bond donors (Lipinski definition) is 0. The van der Waals surface area contributed by atoms with Crippen LogP contribution in [0.5, 0.6) is 10.9 Å². The second-order valence-electron chi connectivity index (χ2n) is 7.25. The Bertz CT molecular complexity index is 1010. The van der Waals surface area contributed by atoms with Gasteiger partial charge in [0.1, 0.15) is 5.84 Å². The summed E-state index contributed by atoms with van der Waals surface area (Å²) in [4.78, 5) is 6.68. The Balaban J connectivity index is 1.49. The molecule has 6 rings (SSSR count). The maximum absolute atomic E-state index is 12.2. The van der Waals surface area contributed by atoms with Crippen molar-refractivity contribution in [2.45, 2.75) is 37.1 Å². The lowest BCUT2D eigenvalue weighted by Crippen LogP contribution is -2.62. The zero-order chi connectivity index (χ0) is 18.6. The van der Waals surface area contributed by atoms with Crippen LogP contribution in [0.4, 0.5) is 0 Å². The van der Waals surface area contributed by atoms with Gasteiger partial charge in [0.05, 0.1) is 15.5 Å². The molecule has 2 bridgehead atoms. The molecule has 142 valence electrons. The van der Waals surface area contributed by atoms with E-state index >= 15 is 0 Å². The predicted molar refractivity (Wildman–Crippen MR) is 106 cm³/mol. The number of pyridine rings is 1. The fourth-order valence-corrected chi connectivity index (χ4v) is 6.44. The second-order valence-corrected chi connectivity index (χ2v) is 10.7. The number of hydrogen-bond acceptors (Lipinski definition) is 6. The van der Waals surface area contributed by atoms with Crippen LogP contribution in [0.25, 0.3) is 0 Å². The van der Waals surface area contributed by atoms with Crippen LogP contribution in [0.15, 0.2) is 34.9 Å². The van der Waals surface area contributed by atoms with Crippen LogP contribution in [0.2, 0.25) is 4.34 Å². The molecule has 1 aliphatic carbocycles. The third-order valence-corrected chi connectivity index (χ3v) is 8.07. The van der Waals surface area contributed by atoms with E-state index in [9.17, 15) is 8.42 Å². The van der Waals surface area contributed by atoms with Gasteiger partial charge < -0.3 is 9.64 Å². The van der Waals surface area contributed by atoms with Gasteiger partial charge in [0.2, 0.25) is 5.88 Å². The number of fused-ring (bicyclic) bond motifs is 2.